The minimum atomic E-state index is -1.000. The Morgan fingerprint density at radius 3 is 2.50 bits per heavy atom. The minimum absolute atomic E-state index is 0.192. The van der Waals surface area contributed by atoms with Crippen LogP contribution < -0.4 is 10.6 Å². The number of rotatable bonds is 7. The van der Waals surface area contributed by atoms with E-state index in [1.165, 1.54) is 0 Å². The van der Waals surface area contributed by atoms with Gasteiger partial charge < -0.3 is 0 Å². The molecule has 0 rings (SSSR count). The molecule has 0 aromatic heterocycles. The number of carboxylic acids is 1. The second-order valence-electron chi connectivity index (χ2n) is 2.86. The zero-order valence-corrected chi connectivity index (χ0v) is 10.3. The molecule has 88 valence electrons. The first-order chi connectivity index (χ1) is 7.72. The van der Waals surface area contributed by atoms with E-state index in [1.54, 1.807) is 0 Å². The van der Waals surface area contributed by atoms with Crippen molar-refractivity contribution in [3.8, 4) is 11.5 Å². The molecule has 0 aliphatic carbocycles. The number of hydrogen-bond acceptors (Lipinski definition) is 5. The number of carbonyl (C=O) groups is 1. The molecule has 3 N–H and O–H groups in total. The Kier molecular flexibility index (Phi) is 10.5. The van der Waals surface area contributed by atoms with Crippen LogP contribution in [0.1, 0.15) is 19.3 Å². The molecule has 0 amide bonds. The van der Waals surface area contributed by atoms with Crippen molar-refractivity contribution in [2.24, 2.45) is 0 Å². The van der Waals surface area contributed by atoms with Gasteiger partial charge in [-0.25, -0.2) is 0 Å². The molecule has 8 heteroatoms. The van der Waals surface area contributed by atoms with E-state index in [1.807, 2.05) is 0 Å². The van der Waals surface area contributed by atoms with Crippen LogP contribution in [0.5, 0.6) is 0 Å². The van der Waals surface area contributed by atoms with E-state index >= 15 is 0 Å². The van der Waals surface area contributed by atoms with E-state index in [-0.39, 0.29) is 15.8 Å². The predicted octanol–water partition coefficient (Wildman–Crippen LogP) is 1.21. The van der Waals surface area contributed by atoms with E-state index in [2.05, 4.69) is 22.1 Å². The summed E-state index contributed by atoms with van der Waals surface area (Å²) >= 11 is 0. The van der Waals surface area contributed by atoms with Gasteiger partial charge in [-0.2, -0.15) is 0 Å². The van der Waals surface area contributed by atoms with Crippen molar-refractivity contribution in [2.75, 3.05) is 6.54 Å². The first kappa shape index (κ1) is 15.4. The molecule has 0 aromatic carbocycles. The number of hydrogen-bond donors (Lipinski definition) is 3. The Bertz CT molecular complexity index is 413. The van der Waals surface area contributed by atoms with Crippen molar-refractivity contribution in [2.45, 2.75) is 25.3 Å². The van der Waals surface area contributed by atoms with Crippen molar-refractivity contribution in [1.82, 2.24) is 10.6 Å². The van der Waals surface area contributed by atoms with Crippen LogP contribution in [0, 0.1) is 11.5 Å². The fraction of sp³-hybridized carbons (Fsp3) is 0.625. The second-order valence-corrected chi connectivity index (χ2v) is 3.68. The third-order valence-corrected chi connectivity index (χ3v) is 2.22. The first-order valence-electron chi connectivity index (χ1n) is 4.58. The summed E-state index contributed by atoms with van der Waals surface area (Å²) in [6.45, 7) is 0.592. The Morgan fingerprint density at radius 2 is 1.94 bits per heavy atom. The average molecular weight is 262 g/mol. The van der Waals surface area contributed by atoms with Crippen LogP contribution in [0.25, 0.3) is 0 Å². The van der Waals surface area contributed by atoms with Crippen molar-refractivity contribution >= 4 is 21.8 Å². The summed E-state index contributed by atoms with van der Waals surface area (Å²) in [7, 11) is -0.551. The zero-order chi connectivity index (χ0) is 12.2. The molecule has 0 saturated carbocycles. The van der Waals surface area contributed by atoms with Crippen LogP contribution in [-0.2, 0) is 13.9 Å². The summed E-state index contributed by atoms with van der Waals surface area (Å²) < 4.78 is 20.0. The van der Waals surface area contributed by atoms with Gasteiger partial charge in [-0.1, -0.05) is 0 Å². The Labute approximate surface area is 95.4 Å². The fourth-order valence-electron chi connectivity index (χ4n) is 1.01. The Hall–Kier alpha value is -0.590. The van der Waals surface area contributed by atoms with E-state index < -0.39 is 12.0 Å². The SMILES string of the molecule is O=P#CNCCCC[C@H](NC#P=O)C(=O)O. The van der Waals surface area contributed by atoms with Gasteiger partial charge in [0.1, 0.15) is 0 Å². The van der Waals surface area contributed by atoms with E-state index in [0.29, 0.717) is 19.4 Å². The maximum atomic E-state index is 10.7. The predicted molar refractivity (Wildman–Crippen MR) is 59.4 cm³/mol. The van der Waals surface area contributed by atoms with Crippen LogP contribution in [0.2, 0.25) is 0 Å². The summed E-state index contributed by atoms with van der Waals surface area (Å²) in [6, 6.07) is -0.771. The summed E-state index contributed by atoms with van der Waals surface area (Å²) in [5.41, 5.74) is 0. The summed E-state index contributed by atoms with van der Waals surface area (Å²) in [4.78, 5) is 10.7. The number of aliphatic carboxylic acids is 1. The Balaban J connectivity index is 3.77. The van der Waals surface area contributed by atoms with Crippen molar-refractivity contribution in [3.63, 3.8) is 0 Å². The number of unbranched alkanes of at least 4 members (excludes halogenated alkanes) is 1. The van der Waals surface area contributed by atoms with Gasteiger partial charge in [-0.15, -0.1) is 0 Å². The maximum absolute atomic E-state index is 10.7. The van der Waals surface area contributed by atoms with E-state index in [0.717, 1.165) is 6.42 Å². The van der Waals surface area contributed by atoms with Crippen molar-refractivity contribution in [3.05, 3.63) is 0 Å². The molecule has 0 saturated heterocycles. The summed E-state index contributed by atoms with van der Waals surface area (Å²) in [5, 5.41) is 13.8. The number of carboxylic acid groups (broad SMARTS) is 1. The molecule has 0 fully saturated rings. The van der Waals surface area contributed by atoms with Crippen molar-refractivity contribution in [1.29, 1.82) is 0 Å². The van der Waals surface area contributed by atoms with E-state index in [9.17, 15) is 13.9 Å². The topological polar surface area (TPSA) is 95.5 Å². The molecule has 0 aliphatic rings. The number of nitrogens with one attached hydrogen (secondary N) is 2. The Morgan fingerprint density at radius 1 is 1.25 bits per heavy atom. The quantitative estimate of drug-likeness (QED) is 0.362. The van der Waals surface area contributed by atoms with Crippen LogP contribution in [0.15, 0.2) is 0 Å². The van der Waals surface area contributed by atoms with Gasteiger partial charge in [0, 0.05) is 0 Å². The first-order valence-corrected chi connectivity index (χ1v) is 6.20. The van der Waals surface area contributed by atoms with Gasteiger partial charge in [0.15, 0.2) is 0 Å². The van der Waals surface area contributed by atoms with Gasteiger partial charge in [0.25, 0.3) is 0 Å². The molecule has 6 nitrogen and oxygen atoms in total. The molecule has 0 bridgehead atoms. The standard InChI is InChI=1S/C8H12N2O4P2/c11-8(12)7(10-6-16-14)3-1-2-4-9-5-15-13/h7,9-10H,1-4H2,(H,11,12)/t7-/m0/s1. The molecule has 0 radical (unpaired) electrons. The molecule has 0 aromatic rings. The second kappa shape index (κ2) is 10.9. The van der Waals surface area contributed by atoms with Crippen LogP contribution in [0.3, 0.4) is 0 Å². The molecule has 0 heterocycles. The monoisotopic (exact) mass is 262 g/mol. The third kappa shape index (κ3) is 8.70. The molecule has 0 spiro atoms. The van der Waals surface area contributed by atoms with Gasteiger partial charge >= 0.3 is 94.8 Å². The van der Waals surface area contributed by atoms with Crippen molar-refractivity contribution < 1.29 is 19.0 Å². The van der Waals surface area contributed by atoms with E-state index in [4.69, 9.17) is 5.11 Å². The molecular weight excluding hydrogens is 250 g/mol. The summed E-state index contributed by atoms with van der Waals surface area (Å²) in [6.07, 6.45) is 1.82. The molecule has 16 heavy (non-hydrogen) atoms. The van der Waals surface area contributed by atoms with Crippen LogP contribution in [-0.4, -0.2) is 23.7 Å². The molecule has 0 unspecified atom stereocenters. The van der Waals surface area contributed by atoms with Gasteiger partial charge in [0.2, 0.25) is 0 Å². The molecule has 0 aliphatic heterocycles. The summed E-state index contributed by atoms with van der Waals surface area (Å²) in [5.74, 6) is 3.58. The van der Waals surface area contributed by atoms with Gasteiger partial charge in [0.05, 0.1) is 0 Å². The van der Waals surface area contributed by atoms with Crippen LogP contribution in [0.4, 0.5) is 0 Å². The molecular formula is C8H12N2O4P2. The molecule has 1 atom stereocenters. The average Bonchev–Trinajstić information content (AvgIpc) is 2.26. The van der Waals surface area contributed by atoms with Crippen LogP contribution >= 0.6 is 15.8 Å². The van der Waals surface area contributed by atoms with Gasteiger partial charge in [-0.05, 0) is 0 Å². The third-order valence-electron chi connectivity index (χ3n) is 1.75. The fourth-order valence-corrected chi connectivity index (χ4v) is 1.40. The normalized spacial score (nSPS) is 11.0. The van der Waals surface area contributed by atoms with Gasteiger partial charge in [-0.3, -0.25) is 0 Å². The zero-order valence-electron chi connectivity index (χ0n) is 8.47.